The topological polar surface area (TPSA) is 76.4 Å². The quantitative estimate of drug-likeness (QED) is 0.852. The molecule has 0 bridgehead atoms. The molecule has 1 unspecified atom stereocenters. The van der Waals surface area contributed by atoms with E-state index in [1.54, 1.807) is 27.2 Å². The number of imidazole rings is 1. The van der Waals surface area contributed by atoms with Crippen LogP contribution in [0.5, 0.6) is 5.75 Å². The molecule has 124 valence electrons. The molecule has 1 atom stereocenters. The molecule has 1 aromatic carbocycles. The van der Waals surface area contributed by atoms with Crippen molar-refractivity contribution >= 4 is 5.91 Å². The molecule has 1 amide bonds. The van der Waals surface area contributed by atoms with Gasteiger partial charge in [0.05, 0.1) is 19.1 Å². The highest BCUT2D eigenvalue weighted by Gasteiger charge is 2.24. The van der Waals surface area contributed by atoms with Crippen LogP contribution >= 0.6 is 0 Å². The molecule has 1 heterocycles. The second-order valence-electron chi connectivity index (χ2n) is 6.16. The highest BCUT2D eigenvalue weighted by atomic mass is 16.5. The summed E-state index contributed by atoms with van der Waals surface area (Å²) in [7, 11) is 3.47. The predicted molar refractivity (Wildman–Crippen MR) is 87.1 cm³/mol. The van der Waals surface area contributed by atoms with Gasteiger partial charge in [-0.25, -0.2) is 4.98 Å². The average Bonchev–Trinajstić information content (AvgIpc) is 2.89. The van der Waals surface area contributed by atoms with Crippen LogP contribution in [-0.2, 0) is 11.8 Å². The van der Waals surface area contributed by atoms with Gasteiger partial charge in [-0.05, 0) is 31.5 Å². The van der Waals surface area contributed by atoms with Crippen LogP contribution < -0.4 is 10.1 Å². The summed E-state index contributed by atoms with van der Waals surface area (Å²) in [6.45, 7) is 3.21. The highest BCUT2D eigenvalue weighted by molar-refractivity contribution is 5.77. The molecular weight excluding hydrogens is 294 g/mol. The number of benzene rings is 1. The van der Waals surface area contributed by atoms with E-state index in [1.165, 1.54) is 0 Å². The third kappa shape index (κ3) is 4.56. The number of carbonyl (C=O) groups is 1. The van der Waals surface area contributed by atoms with E-state index in [0.29, 0.717) is 11.6 Å². The summed E-state index contributed by atoms with van der Waals surface area (Å²) in [5, 5.41) is 12.8. The largest absolute Gasteiger partial charge is 0.497 e. The van der Waals surface area contributed by atoms with Gasteiger partial charge in [-0.1, -0.05) is 12.1 Å². The van der Waals surface area contributed by atoms with Crippen molar-refractivity contribution in [2.75, 3.05) is 7.11 Å². The van der Waals surface area contributed by atoms with Crippen molar-refractivity contribution in [3.63, 3.8) is 0 Å². The van der Waals surface area contributed by atoms with Crippen LogP contribution in [0.1, 0.15) is 37.7 Å². The van der Waals surface area contributed by atoms with Gasteiger partial charge in [0.15, 0.2) is 0 Å². The van der Waals surface area contributed by atoms with Gasteiger partial charge in [-0.2, -0.15) is 0 Å². The lowest BCUT2D eigenvalue weighted by Crippen LogP contribution is -2.36. The number of carbonyl (C=O) groups excluding carboxylic acids is 1. The Labute approximate surface area is 136 Å². The number of methoxy groups -OCH3 is 1. The van der Waals surface area contributed by atoms with Gasteiger partial charge in [-0.15, -0.1) is 0 Å². The van der Waals surface area contributed by atoms with Crippen LogP contribution in [0.15, 0.2) is 36.7 Å². The van der Waals surface area contributed by atoms with E-state index in [-0.39, 0.29) is 12.3 Å². The number of rotatable bonds is 6. The zero-order valence-corrected chi connectivity index (χ0v) is 13.9. The summed E-state index contributed by atoms with van der Waals surface area (Å²) < 4.78 is 7.11. The van der Waals surface area contributed by atoms with Crippen molar-refractivity contribution in [2.24, 2.45) is 7.05 Å². The standard InChI is InChI=1S/C17H23N3O3/c1-17(2,22)11-14(21)19-15(16-18-8-9-20(16)3)12-6-5-7-13(10-12)23-4/h5-10,15,22H,11H2,1-4H3,(H,19,21). The lowest BCUT2D eigenvalue weighted by molar-refractivity contribution is -0.125. The maximum Gasteiger partial charge on any atom is 0.223 e. The number of ether oxygens (including phenoxy) is 1. The maximum atomic E-state index is 12.3. The minimum Gasteiger partial charge on any atom is -0.497 e. The Morgan fingerprint density at radius 2 is 2.22 bits per heavy atom. The van der Waals surface area contributed by atoms with E-state index >= 15 is 0 Å². The van der Waals surface area contributed by atoms with Gasteiger partial charge in [0.1, 0.15) is 17.6 Å². The molecule has 0 radical (unpaired) electrons. The van der Waals surface area contributed by atoms with Crippen molar-refractivity contribution < 1.29 is 14.6 Å². The number of aliphatic hydroxyl groups is 1. The Morgan fingerprint density at radius 1 is 1.48 bits per heavy atom. The van der Waals surface area contributed by atoms with E-state index in [9.17, 15) is 9.90 Å². The molecule has 6 heteroatoms. The molecule has 0 spiro atoms. The van der Waals surface area contributed by atoms with Crippen molar-refractivity contribution in [3.05, 3.63) is 48.0 Å². The minimum absolute atomic E-state index is 0.0118. The molecule has 2 rings (SSSR count). The fraction of sp³-hybridized carbons (Fsp3) is 0.412. The van der Waals surface area contributed by atoms with Gasteiger partial charge in [-0.3, -0.25) is 4.79 Å². The summed E-state index contributed by atoms with van der Waals surface area (Å²) in [6, 6.07) is 7.07. The lowest BCUT2D eigenvalue weighted by atomic mass is 10.0. The zero-order chi connectivity index (χ0) is 17.0. The number of hydrogen-bond donors (Lipinski definition) is 2. The van der Waals surface area contributed by atoms with Crippen LogP contribution in [-0.4, -0.2) is 33.3 Å². The third-order valence-electron chi connectivity index (χ3n) is 3.44. The molecule has 0 fully saturated rings. The summed E-state index contributed by atoms with van der Waals surface area (Å²) in [4.78, 5) is 16.6. The maximum absolute atomic E-state index is 12.3. The van der Waals surface area contributed by atoms with Gasteiger partial charge >= 0.3 is 0 Å². The Morgan fingerprint density at radius 3 is 2.78 bits per heavy atom. The van der Waals surface area contributed by atoms with Crippen molar-refractivity contribution in [3.8, 4) is 5.75 Å². The number of nitrogens with one attached hydrogen (secondary N) is 1. The normalized spacial score (nSPS) is 12.7. The first-order chi connectivity index (χ1) is 10.8. The molecule has 1 aromatic heterocycles. The first-order valence-electron chi connectivity index (χ1n) is 7.43. The van der Waals surface area contributed by atoms with Crippen LogP contribution in [0.3, 0.4) is 0 Å². The Kier molecular flexibility index (Phi) is 5.05. The van der Waals surface area contributed by atoms with Crippen LogP contribution in [0.25, 0.3) is 0 Å². The predicted octanol–water partition coefficient (Wildman–Crippen LogP) is 1.80. The van der Waals surface area contributed by atoms with Crippen LogP contribution in [0, 0.1) is 0 Å². The molecular formula is C17H23N3O3. The number of aromatic nitrogens is 2. The fourth-order valence-corrected chi connectivity index (χ4v) is 2.38. The summed E-state index contributed by atoms with van der Waals surface area (Å²) in [5.74, 6) is 1.18. The molecule has 0 aliphatic heterocycles. The summed E-state index contributed by atoms with van der Waals surface area (Å²) >= 11 is 0. The third-order valence-corrected chi connectivity index (χ3v) is 3.44. The summed E-state index contributed by atoms with van der Waals surface area (Å²) in [6.07, 6.45) is 3.52. The second kappa shape index (κ2) is 6.83. The van der Waals surface area contributed by atoms with Crippen molar-refractivity contribution in [1.29, 1.82) is 0 Å². The molecule has 23 heavy (non-hydrogen) atoms. The summed E-state index contributed by atoms with van der Waals surface area (Å²) in [5.41, 5.74) is -0.201. The zero-order valence-electron chi connectivity index (χ0n) is 13.9. The Balaban J connectivity index is 2.33. The lowest BCUT2D eigenvalue weighted by Gasteiger charge is -2.22. The molecule has 2 N–H and O–H groups in total. The number of amides is 1. The van der Waals surface area contributed by atoms with Crippen LogP contribution in [0.2, 0.25) is 0 Å². The molecule has 0 aliphatic carbocycles. The second-order valence-corrected chi connectivity index (χ2v) is 6.16. The van der Waals surface area contributed by atoms with E-state index in [0.717, 1.165) is 5.56 Å². The van der Waals surface area contributed by atoms with E-state index in [1.807, 2.05) is 42.1 Å². The SMILES string of the molecule is COc1cccc(C(NC(=O)CC(C)(C)O)c2nccn2C)c1. The van der Waals surface area contributed by atoms with E-state index in [2.05, 4.69) is 10.3 Å². The van der Waals surface area contributed by atoms with Gasteiger partial charge in [0.2, 0.25) is 5.91 Å². The molecule has 6 nitrogen and oxygen atoms in total. The first-order valence-corrected chi connectivity index (χ1v) is 7.43. The first kappa shape index (κ1) is 17.0. The van der Waals surface area contributed by atoms with Crippen LogP contribution in [0.4, 0.5) is 0 Å². The number of hydrogen-bond acceptors (Lipinski definition) is 4. The fourth-order valence-electron chi connectivity index (χ4n) is 2.38. The van der Waals surface area contributed by atoms with Crippen molar-refractivity contribution in [2.45, 2.75) is 31.9 Å². The van der Waals surface area contributed by atoms with E-state index in [4.69, 9.17) is 4.74 Å². The molecule has 0 saturated heterocycles. The molecule has 0 saturated carbocycles. The van der Waals surface area contributed by atoms with E-state index < -0.39 is 11.6 Å². The minimum atomic E-state index is -1.06. The van der Waals surface area contributed by atoms with Gasteiger partial charge in [0, 0.05) is 19.4 Å². The highest BCUT2D eigenvalue weighted by Crippen LogP contribution is 2.24. The smallest absolute Gasteiger partial charge is 0.223 e. The number of aryl methyl sites for hydroxylation is 1. The molecule has 0 aliphatic rings. The Bertz CT molecular complexity index is 674. The van der Waals surface area contributed by atoms with Crippen molar-refractivity contribution in [1.82, 2.24) is 14.9 Å². The Hall–Kier alpha value is -2.34. The average molecular weight is 317 g/mol. The van der Waals surface area contributed by atoms with Gasteiger partial charge in [0.25, 0.3) is 0 Å². The number of nitrogens with zero attached hydrogens (tertiary/aromatic N) is 2. The monoisotopic (exact) mass is 317 g/mol. The van der Waals surface area contributed by atoms with Gasteiger partial charge < -0.3 is 19.7 Å². The molecule has 2 aromatic rings.